The Hall–Kier alpha value is -1.89. The molecule has 38 heavy (non-hydrogen) atoms. The van der Waals surface area contributed by atoms with E-state index in [9.17, 15) is 4.79 Å². The Morgan fingerprint density at radius 3 is 1.92 bits per heavy atom. The first-order chi connectivity index (χ1) is 18.5. The minimum Gasteiger partial charge on any atom is -0.494 e. The molecule has 0 spiro atoms. The summed E-state index contributed by atoms with van der Waals surface area (Å²) in [4.78, 5) is 11.2. The molecule has 0 heterocycles. The number of benzene rings is 1. The highest BCUT2D eigenvalue weighted by Gasteiger charge is 2.31. The van der Waals surface area contributed by atoms with E-state index >= 15 is 0 Å². The predicted molar refractivity (Wildman–Crippen MR) is 155 cm³/mol. The van der Waals surface area contributed by atoms with Gasteiger partial charge in [-0.15, -0.1) is 0 Å². The van der Waals surface area contributed by atoms with Crippen LogP contribution in [0.1, 0.15) is 110 Å². The molecule has 0 radical (unpaired) electrons. The Morgan fingerprint density at radius 1 is 0.789 bits per heavy atom. The fraction of sp³-hybridized carbons (Fsp3) is 0.719. The fourth-order valence-corrected chi connectivity index (χ4v) is 4.75. The third kappa shape index (κ3) is 15.5. The van der Waals surface area contributed by atoms with E-state index in [1.165, 1.54) is 71.0 Å². The molecule has 6 heteroatoms. The van der Waals surface area contributed by atoms with Gasteiger partial charge in [0.15, 0.2) is 0 Å². The van der Waals surface area contributed by atoms with Crippen molar-refractivity contribution in [2.45, 2.75) is 111 Å². The van der Waals surface area contributed by atoms with Gasteiger partial charge in [-0.05, 0) is 63.3 Å². The Balaban J connectivity index is 2.21. The van der Waals surface area contributed by atoms with Gasteiger partial charge in [0.2, 0.25) is 0 Å². The maximum atomic E-state index is 11.2. The quantitative estimate of drug-likeness (QED) is 0.0575. The van der Waals surface area contributed by atoms with E-state index in [1.54, 1.807) is 6.08 Å². The zero-order valence-corrected chi connectivity index (χ0v) is 24.8. The van der Waals surface area contributed by atoms with Crippen LogP contribution in [0.5, 0.6) is 5.75 Å². The number of unbranched alkanes of at least 4 members (excludes halogenated alkanes) is 6. The third-order valence-corrected chi connectivity index (χ3v) is 6.67. The van der Waals surface area contributed by atoms with Gasteiger partial charge in [0.25, 0.3) is 5.97 Å². The standard InChI is InChI=1S/C32H54O6/c1-6-17-28(25-27-35-30-22-19-29(20-23-30)21-24-31(33)34-5)18-15-13-11-10-12-14-16-26-32(36-7-2,37-8-3)38-9-4/h19-24,28H,6-18,25-27H2,1-5H3. The molecule has 0 aliphatic carbocycles. The molecule has 0 saturated heterocycles. The summed E-state index contributed by atoms with van der Waals surface area (Å²) in [6.45, 7) is 10.7. The second-order valence-corrected chi connectivity index (χ2v) is 9.71. The molecule has 1 rings (SSSR count). The van der Waals surface area contributed by atoms with Crippen LogP contribution >= 0.6 is 0 Å². The maximum Gasteiger partial charge on any atom is 0.330 e. The molecule has 1 aromatic carbocycles. The van der Waals surface area contributed by atoms with E-state index in [0.717, 1.165) is 43.1 Å². The minimum absolute atomic E-state index is 0.354. The smallest absolute Gasteiger partial charge is 0.330 e. The van der Waals surface area contributed by atoms with Gasteiger partial charge in [-0.1, -0.05) is 76.8 Å². The molecule has 0 bridgehead atoms. The predicted octanol–water partition coefficient (Wildman–Crippen LogP) is 8.33. The number of rotatable bonds is 24. The molecule has 1 unspecified atom stereocenters. The summed E-state index contributed by atoms with van der Waals surface area (Å²) in [7, 11) is 1.38. The summed E-state index contributed by atoms with van der Waals surface area (Å²) in [5, 5.41) is 0. The molecule has 6 nitrogen and oxygen atoms in total. The Labute approximate surface area is 232 Å². The molecular weight excluding hydrogens is 480 g/mol. The zero-order chi connectivity index (χ0) is 27.9. The molecule has 0 aromatic heterocycles. The normalized spacial score (nSPS) is 12.7. The molecule has 218 valence electrons. The van der Waals surface area contributed by atoms with E-state index < -0.39 is 5.97 Å². The number of carbonyl (C=O) groups excluding carboxylic acids is 1. The van der Waals surface area contributed by atoms with Crippen LogP contribution in [0.4, 0.5) is 0 Å². The largest absolute Gasteiger partial charge is 0.494 e. The topological polar surface area (TPSA) is 63.2 Å². The van der Waals surface area contributed by atoms with Gasteiger partial charge in [-0.2, -0.15) is 0 Å². The van der Waals surface area contributed by atoms with Gasteiger partial charge in [0.05, 0.1) is 13.7 Å². The van der Waals surface area contributed by atoms with E-state index in [-0.39, 0.29) is 5.97 Å². The van der Waals surface area contributed by atoms with Crippen molar-refractivity contribution in [3.8, 4) is 5.75 Å². The van der Waals surface area contributed by atoms with Crippen LogP contribution in [0.2, 0.25) is 0 Å². The average Bonchev–Trinajstić information content (AvgIpc) is 2.92. The molecule has 1 aromatic rings. The molecule has 1 atom stereocenters. The summed E-state index contributed by atoms with van der Waals surface area (Å²) < 4.78 is 28.1. The number of ether oxygens (including phenoxy) is 5. The highest BCUT2D eigenvalue weighted by molar-refractivity contribution is 5.86. The first kappa shape index (κ1) is 34.1. The van der Waals surface area contributed by atoms with Crippen molar-refractivity contribution in [2.75, 3.05) is 33.5 Å². The molecular formula is C32H54O6. The van der Waals surface area contributed by atoms with Crippen molar-refractivity contribution >= 4 is 12.0 Å². The van der Waals surface area contributed by atoms with Crippen molar-refractivity contribution < 1.29 is 28.5 Å². The maximum absolute atomic E-state index is 11.2. The number of carbonyl (C=O) groups is 1. The van der Waals surface area contributed by atoms with Gasteiger partial charge in [0.1, 0.15) is 5.75 Å². The van der Waals surface area contributed by atoms with E-state index in [0.29, 0.717) is 19.8 Å². The second-order valence-electron chi connectivity index (χ2n) is 9.71. The first-order valence-electron chi connectivity index (χ1n) is 14.9. The van der Waals surface area contributed by atoms with Gasteiger partial charge < -0.3 is 23.7 Å². The second kappa shape index (κ2) is 22.0. The van der Waals surface area contributed by atoms with Crippen molar-refractivity contribution in [3.05, 3.63) is 35.9 Å². The molecule has 0 amide bonds. The summed E-state index contributed by atoms with van der Waals surface area (Å²) in [5.41, 5.74) is 0.946. The number of esters is 1. The zero-order valence-electron chi connectivity index (χ0n) is 24.8. The lowest BCUT2D eigenvalue weighted by atomic mass is 9.93. The Kier molecular flexibility index (Phi) is 19.7. The Morgan fingerprint density at radius 2 is 1.37 bits per heavy atom. The molecule has 0 fully saturated rings. The lowest BCUT2D eigenvalue weighted by Gasteiger charge is -2.32. The summed E-state index contributed by atoms with van der Waals surface area (Å²) in [6, 6.07) is 7.81. The fourth-order valence-electron chi connectivity index (χ4n) is 4.75. The molecule has 0 aliphatic heterocycles. The van der Waals surface area contributed by atoms with Crippen LogP contribution in [0, 0.1) is 5.92 Å². The van der Waals surface area contributed by atoms with Gasteiger partial charge in [-0.25, -0.2) is 4.79 Å². The van der Waals surface area contributed by atoms with Crippen LogP contribution in [0.3, 0.4) is 0 Å². The van der Waals surface area contributed by atoms with Crippen molar-refractivity contribution in [2.24, 2.45) is 5.92 Å². The molecule has 0 N–H and O–H groups in total. The number of hydrogen-bond donors (Lipinski definition) is 0. The van der Waals surface area contributed by atoms with Crippen molar-refractivity contribution in [1.29, 1.82) is 0 Å². The summed E-state index contributed by atoms with van der Waals surface area (Å²) >= 11 is 0. The van der Waals surface area contributed by atoms with Crippen molar-refractivity contribution in [3.63, 3.8) is 0 Å². The third-order valence-electron chi connectivity index (χ3n) is 6.67. The molecule has 0 saturated carbocycles. The summed E-state index contributed by atoms with van der Waals surface area (Å²) in [5.74, 6) is 0.387. The van der Waals surface area contributed by atoms with Crippen LogP contribution in [0.15, 0.2) is 30.3 Å². The van der Waals surface area contributed by atoms with E-state index in [2.05, 4.69) is 11.7 Å². The minimum atomic E-state index is -0.858. The van der Waals surface area contributed by atoms with Crippen LogP contribution in [-0.2, 0) is 23.7 Å². The average molecular weight is 535 g/mol. The van der Waals surface area contributed by atoms with Gasteiger partial charge in [-0.3, -0.25) is 0 Å². The van der Waals surface area contributed by atoms with Crippen LogP contribution in [0.25, 0.3) is 6.08 Å². The van der Waals surface area contributed by atoms with E-state index in [1.807, 2.05) is 45.0 Å². The summed E-state index contributed by atoms with van der Waals surface area (Å²) in [6.07, 6.45) is 17.5. The first-order valence-corrected chi connectivity index (χ1v) is 14.9. The lowest BCUT2D eigenvalue weighted by molar-refractivity contribution is -0.380. The number of methoxy groups -OCH3 is 1. The highest BCUT2D eigenvalue weighted by Crippen LogP contribution is 2.25. The SMILES string of the molecule is CCCC(CCCCCCCCCC(OCC)(OCC)OCC)CCOc1ccc(C=CC(=O)OC)cc1. The Bertz CT molecular complexity index is 713. The van der Waals surface area contributed by atoms with E-state index in [4.69, 9.17) is 18.9 Å². The van der Waals surface area contributed by atoms with Gasteiger partial charge >= 0.3 is 5.97 Å². The van der Waals surface area contributed by atoms with Crippen molar-refractivity contribution in [1.82, 2.24) is 0 Å². The lowest BCUT2D eigenvalue weighted by Crippen LogP contribution is -2.39. The molecule has 0 aliphatic rings. The van der Waals surface area contributed by atoms with Crippen LogP contribution in [-0.4, -0.2) is 45.5 Å². The number of hydrogen-bond acceptors (Lipinski definition) is 6. The monoisotopic (exact) mass is 534 g/mol. The van der Waals surface area contributed by atoms with Gasteiger partial charge in [0, 0.05) is 32.3 Å². The van der Waals surface area contributed by atoms with Crippen LogP contribution < -0.4 is 4.74 Å². The highest BCUT2D eigenvalue weighted by atomic mass is 16.9.